The van der Waals surface area contributed by atoms with Crippen LogP contribution in [0.4, 0.5) is 0 Å². The molecule has 0 aliphatic carbocycles. The first-order valence-corrected chi connectivity index (χ1v) is 4.12. The molecule has 1 aromatic heterocycles. The largest absolute Gasteiger partial charge is 0.478 e. The third-order valence-corrected chi connectivity index (χ3v) is 1.39. The van der Waals surface area contributed by atoms with E-state index in [-0.39, 0.29) is 0 Å². The van der Waals surface area contributed by atoms with Crippen molar-refractivity contribution in [1.29, 1.82) is 0 Å². The van der Waals surface area contributed by atoms with Crippen LogP contribution in [0.15, 0.2) is 6.20 Å². The average molecular weight is 184 g/mol. The quantitative estimate of drug-likeness (QED) is 0.708. The van der Waals surface area contributed by atoms with Crippen molar-refractivity contribution in [2.75, 3.05) is 13.2 Å². The third kappa shape index (κ3) is 2.21. The normalized spacial score (nSPS) is 9.69. The standard InChI is InChI=1S/C8H12N2O3/c1-3-12-7-6(5-9-10-7)8(11)13-4-2/h5H,3-4H2,1-2H3,(H,9,10). The number of aromatic amines is 1. The lowest BCUT2D eigenvalue weighted by Gasteiger charge is -2.02. The van der Waals surface area contributed by atoms with Gasteiger partial charge in [0, 0.05) is 0 Å². The zero-order valence-corrected chi connectivity index (χ0v) is 7.66. The van der Waals surface area contributed by atoms with Crippen LogP contribution < -0.4 is 4.74 Å². The summed E-state index contributed by atoms with van der Waals surface area (Å²) in [5, 5.41) is 6.27. The van der Waals surface area contributed by atoms with E-state index in [0.29, 0.717) is 24.7 Å². The lowest BCUT2D eigenvalue weighted by atomic mass is 10.3. The van der Waals surface area contributed by atoms with Gasteiger partial charge in [0.05, 0.1) is 19.4 Å². The smallest absolute Gasteiger partial charge is 0.345 e. The fourth-order valence-corrected chi connectivity index (χ4v) is 0.883. The number of esters is 1. The number of carbonyl (C=O) groups is 1. The maximum Gasteiger partial charge on any atom is 0.345 e. The molecule has 13 heavy (non-hydrogen) atoms. The zero-order valence-electron chi connectivity index (χ0n) is 7.66. The predicted octanol–water partition coefficient (Wildman–Crippen LogP) is 0.985. The Balaban J connectivity index is 2.74. The molecule has 0 amide bonds. The summed E-state index contributed by atoms with van der Waals surface area (Å²) in [6.07, 6.45) is 1.39. The highest BCUT2D eigenvalue weighted by molar-refractivity contribution is 5.91. The lowest BCUT2D eigenvalue weighted by Crippen LogP contribution is -2.06. The fraction of sp³-hybridized carbons (Fsp3) is 0.500. The van der Waals surface area contributed by atoms with E-state index in [1.807, 2.05) is 6.92 Å². The summed E-state index contributed by atoms with van der Waals surface area (Å²) in [7, 11) is 0. The first-order chi connectivity index (χ1) is 6.29. The molecule has 0 fully saturated rings. The predicted molar refractivity (Wildman–Crippen MR) is 45.7 cm³/mol. The molecule has 0 unspecified atom stereocenters. The van der Waals surface area contributed by atoms with Gasteiger partial charge < -0.3 is 9.47 Å². The molecule has 0 saturated carbocycles. The molecule has 0 saturated heterocycles. The van der Waals surface area contributed by atoms with Crippen LogP contribution in [0.5, 0.6) is 5.88 Å². The van der Waals surface area contributed by atoms with Gasteiger partial charge >= 0.3 is 5.97 Å². The van der Waals surface area contributed by atoms with Crippen LogP contribution in [-0.2, 0) is 4.74 Å². The van der Waals surface area contributed by atoms with Crippen molar-refractivity contribution in [2.24, 2.45) is 0 Å². The topological polar surface area (TPSA) is 64.2 Å². The second-order valence-electron chi connectivity index (χ2n) is 2.27. The summed E-state index contributed by atoms with van der Waals surface area (Å²) in [5.41, 5.74) is 0.337. The number of nitrogens with one attached hydrogen (secondary N) is 1. The first-order valence-electron chi connectivity index (χ1n) is 4.12. The molecule has 72 valence electrons. The Morgan fingerprint density at radius 3 is 2.92 bits per heavy atom. The summed E-state index contributed by atoms with van der Waals surface area (Å²) in [6, 6.07) is 0. The molecular weight excluding hydrogens is 172 g/mol. The van der Waals surface area contributed by atoms with Crippen LogP contribution in [0.25, 0.3) is 0 Å². The molecule has 0 bridgehead atoms. The zero-order chi connectivity index (χ0) is 9.68. The van der Waals surface area contributed by atoms with Crippen LogP contribution >= 0.6 is 0 Å². The van der Waals surface area contributed by atoms with E-state index in [9.17, 15) is 4.79 Å². The Bertz CT molecular complexity index is 283. The third-order valence-electron chi connectivity index (χ3n) is 1.39. The summed E-state index contributed by atoms with van der Waals surface area (Å²) >= 11 is 0. The van der Waals surface area contributed by atoms with Crippen LogP contribution in [-0.4, -0.2) is 29.4 Å². The number of hydrogen-bond donors (Lipinski definition) is 1. The summed E-state index contributed by atoms with van der Waals surface area (Å²) in [6.45, 7) is 4.40. The highest BCUT2D eigenvalue weighted by atomic mass is 16.5. The van der Waals surface area contributed by atoms with E-state index >= 15 is 0 Å². The van der Waals surface area contributed by atoms with Crippen molar-refractivity contribution in [3.63, 3.8) is 0 Å². The average Bonchev–Trinajstić information content (AvgIpc) is 2.54. The molecule has 0 spiro atoms. The number of hydrogen-bond acceptors (Lipinski definition) is 4. The minimum absolute atomic E-state index is 0.337. The Kier molecular flexibility index (Phi) is 3.31. The van der Waals surface area contributed by atoms with Crippen LogP contribution in [0.3, 0.4) is 0 Å². The van der Waals surface area contributed by atoms with Gasteiger partial charge in [-0.3, -0.25) is 0 Å². The molecule has 0 aliphatic rings. The second kappa shape index (κ2) is 4.49. The number of carbonyl (C=O) groups excluding carboxylic acids is 1. The highest BCUT2D eigenvalue weighted by Crippen LogP contribution is 2.14. The Morgan fingerprint density at radius 1 is 1.54 bits per heavy atom. The minimum atomic E-state index is -0.417. The van der Waals surface area contributed by atoms with Crippen molar-refractivity contribution in [3.8, 4) is 5.88 Å². The van der Waals surface area contributed by atoms with E-state index in [4.69, 9.17) is 9.47 Å². The van der Waals surface area contributed by atoms with Gasteiger partial charge in [-0.25, -0.2) is 9.89 Å². The lowest BCUT2D eigenvalue weighted by molar-refractivity contribution is 0.0522. The van der Waals surface area contributed by atoms with Gasteiger partial charge in [0.25, 0.3) is 0 Å². The molecule has 5 heteroatoms. The van der Waals surface area contributed by atoms with Gasteiger partial charge in [-0.15, -0.1) is 0 Å². The summed E-state index contributed by atoms with van der Waals surface area (Å²) in [5.74, 6) is -0.0550. The summed E-state index contributed by atoms with van der Waals surface area (Å²) < 4.78 is 9.92. The van der Waals surface area contributed by atoms with E-state index in [1.54, 1.807) is 6.92 Å². The van der Waals surface area contributed by atoms with Crippen molar-refractivity contribution in [2.45, 2.75) is 13.8 Å². The van der Waals surface area contributed by atoms with Crippen LogP contribution in [0.2, 0.25) is 0 Å². The Labute approximate surface area is 76.0 Å². The van der Waals surface area contributed by atoms with Gasteiger partial charge in [-0.05, 0) is 13.8 Å². The minimum Gasteiger partial charge on any atom is -0.478 e. The van der Waals surface area contributed by atoms with Crippen molar-refractivity contribution < 1.29 is 14.3 Å². The number of ether oxygens (including phenoxy) is 2. The second-order valence-corrected chi connectivity index (χ2v) is 2.27. The number of rotatable bonds is 4. The van der Waals surface area contributed by atoms with Gasteiger partial charge in [0.2, 0.25) is 5.88 Å². The molecule has 1 rings (SSSR count). The number of H-pyrrole nitrogens is 1. The van der Waals surface area contributed by atoms with E-state index in [2.05, 4.69) is 10.2 Å². The van der Waals surface area contributed by atoms with Gasteiger partial charge in [0.15, 0.2) is 0 Å². The Morgan fingerprint density at radius 2 is 2.31 bits per heavy atom. The molecule has 0 radical (unpaired) electrons. The van der Waals surface area contributed by atoms with Crippen LogP contribution in [0.1, 0.15) is 24.2 Å². The van der Waals surface area contributed by atoms with E-state index in [1.165, 1.54) is 6.20 Å². The molecule has 1 N–H and O–H groups in total. The maximum atomic E-state index is 11.2. The SMILES string of the molecule is CCOC(=O)c1cn[nH]c1OCC. The Hall–Kier alpha value is -1.52. The molecule has 1 heterocycles. The van der Waals surface area contributed by atoms with Crippen molar-refractivity contribution in [1.82, 2.24) is 10.2 Å². The molecule has 0 atom stereocenters. The molecule has 0 aliphatic heterocycles. The van der Waals surface area contributed by atoms with Crippen molar-refractivity contribution >= 4 is 5.97 Å². The number of aromatic nitrogens is 2. The summed E-state index contributed by atoms with van der Waals surface area (Å²) in [4.78, 5) is 11.2. The maximum absolute atomic E-state index is 11.2. The molecule has 5 nitrogen and oxygen atoms in total. The van der Waals surface area contributed by atoms with Crippen molar-refractivity contribution in [3.05, 3.63) is 11.8 Å². The van der Waals surface area contributed by atoms with Gasteiger partial charge in [-0.2, -0.15) is 5.10 Å². The van der Waals surface area contributed by atoms with E-state index < -0.39 is 5.97 Å². The first kappa shape index (κ1) is 9.57. The number of nitrogens with zero attached hydrogens (tertiary/aromatic N) is 1. The molecular formula is C8H12N2O3. The highest BCUT2D eigenvalue weighted by Gasteiger charge is 2.15. The monoisotopic (exact) mass is 184 g/mol. The molecule has 0 aromatic carbocycles. The van der Waals surface area contributed by atoms with Crippen LogP contribution in [0, 0.1) is 0 Å². The van der Waals surface area contributed by atoms with Gasteiger partial charge in [-0.1, -0.05) is 0 Å². The molecule has 1 aromatic rings. The van der Waals surface area contributed by atoms with Gasteiger partial charge in [0.1, 0.15) is 5.56 Å². The fourth-order valence-electron chi connectivity index (χ4n) is 0.883. The van der Waals surface area contributed by atoms with E-state index in [0.717, 1.165) is 0 Å².